The van der Waals surface area contributed by atoms with E-state index < -0.39 is 5.97 Å². The quantitative estimate of drug-likeness (QED) is 0.784. The normalized spacial score (nSPS) is 27.7. The highest BCUT2D eigenvalue weighted by atomic mass is 16.5. The van der Waals surface area contributed by atoms with Crippen LogP contribution in [0.15, 0.2) is 16.5 Å². The first-order valence-electron chi connectivity index (χ1n) is 9.27. The molecule has 2 aliphatic heterocycles. The molecule has 1 unspecified atom stereocenters. The van der Waals surface area contributed by atoms with Crippen LogP contribution in [0.5, 0.6) is 0 Å². The molecule has 0 aromatic carbocycles. The summed E-state index contributed by atoms with van der Waals surface area (Å²) >= 11 is 0. The smallest absolute Gasteiger partial charge is 0.373 e. The Morgan fingerprint density at radius 1 is 1.32 bits per heavy atom. The molecule has 2 saturated heterocycles. The van der Waals surface area contributed by atoms with Crippen LogP contribution in [0, 0.1) is 5.41 Å². The third-order valence-electron chi connectivity index (χ3n) is 5.85. The Hall–Kier alpha value is -1.82. The molecule has 3 fully saturated rings. The predicted molar refractivity (Wildman–Crippen MR) is 91.0 cm³/mol. The number of hydrogen-bond acceptors (Lipinski definition) is 5. The minimum Gasteiger partial charge on any atom is -0.463 e. The van der Waals surface area contributed by atoms with Gasteiger partial charge >= 0.3 is 5.97 Å². The van der Waals surface area contributed by atoms with Crippen LogP contribution in [0.25, 0.3) is 0 Å². The topological polar surface area (TPSA) is 63.0 Å². The number of carbonyl (C=O) groups is 2. The second-order valence-corrected chi connectivity index (χ2v) is 7.82. The lowest BCUT2D eigenvalue weighted by Crippen LogP contribution is -2.54. The number of hydrogen-bond donors (Lipinski definition) is 0. The Morgan fingerprint density at radius 2 is 2.16 bits per heavy atom. The summed E-state index contributed by atoms with van der Waals surface area (Å²) in [7, 11) is 1.36. The Morgan fingerprint density at radius 3 is 2.92 bits per heavy atom. The second kappa shape index (κ2) is 6.48. The number of esters is 1. The lowest BCUT2D eigenvalue weighted by Gasteiger charge is -2.48. The number of rotatable bonds is 4. The van der Waals surface area contributed by atoms with Crippen LogP contribution in [0.2, 0.25) is 0 Å². The minimum absolute atomic E-state index is 0.229. The molecule has 1 aliphatic carbocycles. The van der Waals surface area contributed by atoms with Crippen molar-refractivity contribution >= 4 is 11.9 Å². The van der Waals surface area contributed by atoms with Gasteiger partial charge in [0.25, 0.3) is 0 Å². The van der Waals surface area contributed by atoms with Crippen molar-refractivity contribution in [1.29, 1.82) is 0 Å². The third-order valence-corrected chi connectivity index (χ3v) is 5.85. The maximum absolute atomic E-state index is 12.2. The maximum atomic E-state index is 12.2. The molecule has 0 radical (unpaired) electrons. The van der Waals surface area contributed by atoms with Gasteiger partial charge < -0.3 is 14.1 Å². The van der Waals surface area contributed by atoms with E-state index in [4.69, 9.17) is 9.15 Å². The molecule has 1 atom stereocenters. The van der Waals surface area contributed by atoms with Crippen LogP contribution in [0.4, 0.5) is 0 Å². The number of furan rings is 1. The first-order chi connectivity index (χ1) is 12.1. The monoisotopic (exact) mass is 346 g/mol. The number of ether oxygens (including phenoxy) is 1. The number of methoxy groups -OCH3 is 1. The molecular weight excluding hydrogens is 320 g/mol. The van der Waals surface area contributed by atoms with E-state index in [2.05, 4.69) is 9.80 Å². The number of amides is 1. The molecule has 1 aromatic rings. The summed E-state index contributed by atoms with van der Waals surface area (Å²) in [5.74, 6) is 0.960. The van der Waals surface area contributed by atoms with Crippen molar-refractivity contribution in [1.82, 2.24) is 9.80 Å². The van der Waals surface area contributed by atoms with E-state index in [1.165, 1.54) is 26.4 Å². The van der Waals surface area contributed by atoms with E-state index in [0.717, 1.165) is 38.2 Å². The van der Waals surface area contributed by atoms with Crippen LogP contribution in [0.1, 0.15) is 54.8 Å². The molecule has 0 bridgehead atoms. The van der Waals surface area contributed by atoms with E-state index in [1.54, 1.807) is 6.07 Å². The summed E-state index contributed by atoms with van der Waals surface area (Å²) in [4.78, 5) is 28.3. The molecule has 25 heavy (non-hydrogen) atoms. The van der Waals surface area contributed by atoms with E-state index in [9.17, 15) is 9.59 Å². The molecule has 1 saturated carbocycles. The largest absolute Gasteiger partial charge is 0.463 e. The summed E-state index contributed by atoms with van der Waals surface area (Å²) in [6.07, 6.45) is 6.39. The third kappa shape index (κ3) is 3.45. The molecule has 1 spiro atoms. The van der Waals surface area contributed by atoms with Crippen LogP contribution in [-0.4, -0.2) is 54.5 Å². The average molecular weight is 346 g/mol. The van der Waals surface area contributed by atoms with E-state index in [-0.39, 0.29) is 11.2 Å². The zero-order chi connectivity index (χ0) is 17.4. The molecule has 1 amide bonds. The summed E-state index contributed by atoms with van der Waals surface area (Å²) in [5, 5.41) is 0. The van der Waals surface area contributed by atoms with Gasteiger partial charge in [0.15, 0.2) is 0 Å². The highest BCUT2D eigenvalue weighted by molar-refractivity contribution is 5.86. The highest BCUT2D eigenvalue weighted by Crippen LogP contribution is 2.42. The van der Waals surface area contributed by atoms with Gasteiger partial charge in [0.1, 0.15) is 5.76 Å². The number of piperidine rings is 2. The van der Waals surface area contributed by atoms with E-state index in [1.807, 2.05) is 6.07 Å². The summed E-state index contributed by atoms with van der Waals surface area (Å²) < 4.78 is 10.3. The zero-order valence-corrected chi connectivity index (χ0v) is 14.8. The van der Waals surface area contributed by atoms with Gasteiger partial charge in [-0.1, -0.05) is 0 Å². The Labute approximate surface area is 148 Å². The molecule has 3 aliphatic rings. The van der Waals surface area contributed by atoms with Gasteiger partial charge in [0.2, 0.25) is 11.7 Å². The SMILES string of the molecule is COC(=O)c1ccc(CN2CCCC3(CCC(=O)N(C4CC4)C3)C2)o1. The molecule has 4 rings (SSSR count). The Balaban J connectivity index is 1.41. The molecule has 0 N–H and O–H groups in total. The lowest BCUT2D eigenvalue weighted by molar-refractivity contribution is -0.140. The van der Waals surface area contributed by atoms with Crippen molar-refractivity contribution in [2.24, 2.45) is 5.41 Å². The van der Waals surface area contributed by atoms with Crippen molar-refractivity contribution in [3.05, 3.63) is 23.7 Å². The summed E-state index contributed by atoms with van der Waals surface area (Å²) in [5.41, 5.74) is 0.229. The fourth-order valence-electron chi connectivity index (χ4n) is 4.44. The van der Waals surface area contributed by atoms with Crippen LogP contribution >= 0.6 is 0 Å². The zero-order valence-electron chi connectivity index (χ0n) is 14.8. The predicted octanol–water partition coefficient (Wildman–Crippen LogP) is 2.43. The fraction of sp³-hybridized carbons (Fsp3) is 0.684. The molecule has 6 nitrogen and oxygen atoms in total. The average Bonchev–Trinajstić information content (AvgIpc) is 3.36. The van der Waals surface area contributed by atoms with Gasteiger partial charge in [0, 0.05) is 31.0 Å². The fourth-order valence-corrected chi connectivity index (χ4v) is 4.44. The maximum Gasteiger partial charge on any atom is 0.373 e. The molecular formula is C19H26N2O4. The molecule has 1 aromatic heterocycles. The van der Waals surface area contributed by atoms with Gasteiger partial charge in [-0.25, -0.2) is 4.79 Å². The van der Waals surface area contributed by atoms with Crippen LogP contribution in [0.3, 0.4) is 0 Å². The van der Waals surface area contributed by atoms with Crippen molar-refractivity contribution in [3.63, 3.8) is 0 Å². The summed E-state index contributed by atoms with van der Waals surface area (Å²) in [6.45, 7) is 3.65. The van der Waals surface area contributed by atoms with E-state index in [0.29, 0.717) is 24.9 Å². The van der Waals surface area contributed by atoms with Gasteiger partial charge in [-0.3, -0.25) is 9.69 Å². The first kappa shape index (κ1) is 16.6. The van der Waals surface area contributed by atoms with Crippen molar-refractivity contribution in [2.75, 3.05) is 26.7 Å². The van der Waals surface area contributed by atoms with Gasteiger partial charge in [0.05, 0.1) is 13.7 Å². The number of carbonyl (C=O) groups excluding carboxylic acids is 2. The van der Waals surface area contributed by atoms with Gasteiger partial charge in [-0.15, -0.1) is 0 Å². The van der Waals surface area contributed by atoms with E-state index >= 15 is 0 Å². The molecule has 3 heterocycles. The van der Waals surface area contributed by atoms with Gasteiger partial charge in [-0.2, -0.15) is 0 Å². The highest BCUT2D eigenvalue weighted by Gasteiger charge is 2.45. The minimum atomic E-state index is -0.438. The number of nitrogens with zero attached hydrogens (tertiary/aromatic N) is 2. The van der Waals surface area contributed by atoms with Crippen molar-refractivity contribution < 1.29 is 18.7 Å². The summed E-state index contributed by atoms with van der Waals surface area (Å²) in [6, 6.07) is 4.04. The standard InChI is InChI=1S/C19H26N2O4/c1-24-18(23)16-6-5-15(25-16)11-20-10-2-8-19(12-20)9-7-17(22)21(13-19)14-3-4-14/h5-6,14H,2-4,7-13H2,1H3. The van der Waals surface area contributed by atoms with Crippen LogP contribution < -0.4 is 0 Å². The Kier molecular flexibility index (Phi) is 4.31. The van der Waals surface area contributed by atoms with Crippen LogP contribution in [-0.2, 0) is 16.1 Å². The first-order valence-corrected chi connectivity index (χ1v) is 9.27. The number of likely N-dealkylation sites (tertiary alicyclic amines) is 2. The molecule has 6 heteroatoms. The Bertz CT molecular complexity index is 666. The van der Waals surface area contributed by atoms with Gasteiger partial charge in [-0.05, 0) is 50.8 Å². The molecule has 136 valence electrons. The second-order valence-electron chi connectivity index (χ2n) is 7.82. The van der Waals surface area contributed by atoms with Crippen molar-refractivity contribution in [3.8, 4) is 0 Å². The van der Waals surface area contributed by atoms with Crippen molar-refractivity contribution in [2.45, 2.75) is 51.1 Å². The lowest BCUT2D eigenvalue weighted by atomic mass is 9.73.